The van der Waals surface area contributed by atoms with Crippen LogP contribution < -0.4 is 11.3 Å². The Morgan fingerprint density at radius 2 is 2.04 bits per heavy atom. The summed E-state index contributed by atoms with van der Waals surface area (Å²) >= 11 is 0. The van der Waals surface area contributed by atoms with Gasteiger partial charge in [-0.05, 0) is 41.8 Å². The van der Waals surface area contributed by atoms with Crippen LogP contribution in [0.4, 0.5) is 0 Å². The highest BCUT2D eigenvalue weighted by atomic mass is 16.4. The Labute approximate surface area is 138 Å². The summed E-state index contributed by atoms with van der Waals surface area (Å²) in [6.07, 6.45) is 0.618. The van der Waals surface area contributed by atoms with E-state index in [0.717, 1.165) is 27.7 Å². The van der Waals surface area contributed by atoms with Crippen LogP contribution in [0.1, 0.15) is 28.5 Å². The minimum atomic E-state index is -1.22. The molecule has 6 nitrogen and oxygen atoms in total. The molecule has 0 saturated heterocycles. The number of carboxylic acids is 1. The van der Waals surface area contributed by atoms with Crippen molar-refractivity contribution in [3.63, 3.8) is 0 Å². The van der Waals surface area contributed by atoms with Gasteiger partial charge in [0.25, 0.3) is 5.56 Å². The summed E-state index contributed by atoms with van der Waals surface area (Å²) in [4.78, 5) is 25.9. The molecule has 0 spiro atoms. The molecule has 3 rings (SSSR count). The molecule has 0 aliphatic carbocycles. The molecule has 124 valence electrons. The number of nitrogens with zero attached hydrogens (tertiary/aromatic N) is 1. The van der Waals surface area contributed by atoms with E-state index in [9.17, 15) is 9.59 Å². The van der Waals surface area contributed by atoms with Crippen LogP contribution in [0.25, 0.3) is 22.2 Å². The maximum absolute atomic E-state index is 12.0. The van der Waals surface area contributed by atoms with E-state index in [1.54, 1.807) is 0 Å². The smallest absolute Gasteiger partial charge is 0.341 e. The highest BCUT2D eigenvalue weighted by Crippen LogP contribution is 2.27. The average molecular weight is 325 g/mol. The Morgan fingerprint density at radius 1 is 1.29 bits per heavy atom. The van der Waals surface area contributed by atoms with Gasteiger partial charge in [-0.25, -0.2) is 4.79 Å². The van der Waals surface area contributed by atoms with E-state index in [0.29, 0.717) is 18.7 Å². The number of fused-ring (bicyclic) bond motifs is 1. The van der Waals surface area contributed by atoms with E-state index < -0.39 is 11.5 Å². The van der Waals surface area contributed by atoms with E-state index in [-0.39, 0.29) is 5.56 Å². The van der Waals surface area contributed by atoms with Crippen LogP contribution in [0.15, 0.2) is 35.1 Å². The molecule has 1 aromatic carbocycles. The van der Waals surface area contributed by atoms with Crippen LogP contribution in [0.5, 0.6) is 0 Å². The first-order valence-electron chi connectivity index (χ1n) is 7.74. The standard InChI is InChI=1S/C18H19N3O3/c1-3-10-8-14(18(23)24)17(22)20-16(10)11-4-5-15-12(6-11)7-13(9-19)21(15)2/h4-8H,3,9,19H2,1-2H3,(H,20,22)(H,23,24). The van der Waals surface area contributed by atoms with Gasteiger partial charge in [0.1, 0.15) is 5.56 Å². The summed E-state index contributed by atoms with van der Waals surface area (Å²) in [5, 5.41) is 10.1. The third-order valence-electron chi connectivity index (χ3n) is 4.37. The van der Waals surface area contributed by atoms with Crippen molar-refractivity contribution in [2.24, 2.45) is 12.8 Å². The summed E-state index contributed by atoms with van der Waals surface area (Å²) in [6, 6.07) is 9.37. The summed E-state index contributed by atoms with van der Waals surface area (Å²) in [5.41, 5.74) is 9.30. The van der Waals surface area contributed by atoms with E-state index in [2.05, 4.69) is 4.98 Å². The van der Waals surface area contributed by atoms with Crippen LogP contribution in [0.3, 0.4) is 0 Å². The molecular formula is C18H19N3O3. The van der Waals surface area contributed by atoms with Crippen molar-refractivity contribution in [3.05, 3.63) is 57.5 Å². The van der Waals surface area contributed by atoms with E-state index >= 15 is 0 Å². The predicted molar refractivity (Wildman–Crippen MR) is 93.2 cm³/mol. The summed E-state index contributed by atoms with van der Waals surface area (Å²) < 4.78 is 2.04. The molecule has 2 aromatic heterocycles. The van der Waals surface area contributed by atoms with E-state index in [4.69, 9.17) is 10.8 Å². The van der Waals surface area contributed by atoms with Gasteiger partial charge in [-0.2, -0.15) is 0 Å². The number of aromatic amines is 1. The van der Waals surface area contributed by atoms with Gasteiger partial charge in [0.05, 0.1) is 5.69 Å². The molecule has 0 fully saturated rings. The van der Waals surface area contributed by atoms with Gasteiger partial charge >= 0.3 is 5.97 Å². The molecule has 0 radical (unpaired) electrons. The van der Waals surface area contributed by atoms with Crippen molar-refractivity contribution >= 4 is 16.9 Å². The van der Waals surface area contributed by atoms with Crippen molar-refractivity contribution in [2.75, 3.05) is 0 Å². The molecule has 2 heterocycles. The quantitative estimate of drug-likeness (QED) is 0.685. The molecule has 3 aromatic rings. The number of aromatic nitrogens is 2. The maximum atomic E-state index is 12.0. The topological polar surface area (TPSA) is 101 Å². The van der Waals surface area contributed by atoms with Crippen LogP contribution in [-0.4, -0.2) is 20.6 Å². The molecule has 0 aliphatic heterocycles. The molecule has 6 heteroatoms. The number of H-pyrrole nitrogens is 1. The van der Waals surface area contributed by atoms with Crippen molar-refractivity contribution < 1.29 is 9.90 Å². The lowest BCUT2D eigenvalue weighted by Crippen LogP contribution is -2.19. The highest BCUT2D eigenvalue weighted by Gasteiger charge is 2.15. The molecule has 24 heavy (non-hydrogen) atoms. The van der Waals surface area contributed by atoms with Crippen LogP contribution in [0.2, 0.25) is 0 Å². The molecule has 0 aliphatic rings. The molecule has 0 saturated carbocycles. The number of nitrogens with one attached hydrogen (secondary N) is 1. The largest absolute Gasteiger partial charge is 0.477 e. The maximum Gasteiger partial charge on any atom is 0.341 e. The highest BCUT2D eigenvalue weighted by molar-refractivity contribution is 5.89. The monoisotopic (exact) mass is 325 g/mol. The predicted octanol–water partition coefficient (Wildman–Crippen LogP) is 2.25. The van der Waals surface area contributed by atoms with Crippen molar-refractivity contribution in [3.8, 4) is 11.3 Å². The Kier molecular flexibility index (Phi) is 3.99. The Hall–Kier alpha value is -2.86. The van der Waals surface area contributed by atoms with Crippen LogP contribution >= 0.6 is 0 Å². The number of carboxylic acid groups (broad SMARTS) is 1. The molecule has 4 N–H and O–H groups in total. The van der Waals surface area contributed by atoms with E-state index in [1.807, 2.05) is 42.8 Å². The zero-order valence-corrected chi connectivity index (χ0v) is 13.6. The lowest BCUT2D eigenvalue weighted by molar-refractivity contribution is 0.0695. The number of aryl methyl sites for hydroxylation is 2. The number of benzene rings is 1. The lowest BCUT2D eigenvalue weighted by Gasteiger charge is -2.10. The van der Waals surface area contributed by atoms with Gasteiger partial charge in [0.2, 0.25) is 0 Å². The van der Waals surface area contributed by atoms with Crippen LogP contribution in [-0.2, 0) is 20.0 Å². The molecule has 0 unspecified atom stereocenters. The second-order valence-corrected chi connectivity index (χ2v) is 5.74. The number of aromatic carboxylic acids is 1. The molecule has 0 bridgehead atoms. The normalized spacial score (nSPS) is 11.1. The molecule has 0 amide bonds. The summed E-state index contributed by atoms with van der Waals surface area (Å²) in [5.74, 6) is -1.22. The second-order valence-electron chi connectivity index (χ2n) is 5.74. The van der Waals surface area contributed by atoms with Gasteiger partial charge in [0.15, 0.2) is 0 Å². The minimum absolute atomic E-state index is 0.234. The fourth-order valence-corrected chi connectivity index (χ4v) is 3.03. The SMILES string of the molecule is CCc1cc(C(=O)O)c(=O)[nH]c1-c1ccc2c(c1)cc(CN)n2C. The van der Waals surface area contributed by atoms with Crippen LogP contribution in [0, 0.1) is 0 Å². The van der Waals surface area contributed by atoms with Crippen molar-refractivity contribution in [1.82, 2.24) is 9.55 Å². The van der Waals surface area contributed by atoms with Gasteiger partial charge < -0.3 is 20.4 Å². The van der Waals surface area contributed by atoms with Gasteiger partial charge in [-0.15, -0.1) is 0 Å². The second kappa shape index (κ2) is 5.98. The number of pyridine rings is 1. The van der Waals surface area contributed by atoms with E-state index in [1.165, 1.54) is 6.07 Å². The van der Waals surface area contributed by atoms with Gasteiger partial charge in [-0.3, -0.25) is 4.79 Å². The fraction of sp³-hybridized carbons (Fsp3) is 0.222. The number of hydrogen-bond acceptors (Lipinski definition) is 3. The zero-order chi connectivity index (χ0) is 17.4. The average Bonchev–Trinajstić information content (AvgIpc) is 2.89. The molecular weight excluding hydrogens is 306 g/mol. The number of hydrogen-bond donors (Lipinski definition) is 3. The number of nitrogens with two attached hydrogens (primary N) is 1. The third kappa shape index (κ3) is 2.51. The fourth-order valence-electron chi connectivity index (χ4n) is 3.03. The molecule has 0 atom stereocenters. The van der Waals surface area contributed by atoms with Gasteiger partial charge in [-0.1, -0.05) is 13.0 Å². The Balaban J connectivity index is 2.21. The van der Waals surface area contributed by atoms with Gasteiger partial charge in [0, 0.05) is 30.2 Å². The van der Waals surface area contributed by atoms with Crippen molar-refractivity contribution in [2.45, 2.75) is 19.9 Å². The van der Waals surface area contributed by atoms with Crippen molar-refractivity contribution in [1.29, 1.82) is 0 Å². The first kappa shape index (κ1) is 16.0. The Bertz CT molecular complexity index is 999. The number of carbonyl (C=O) groups is 1. The summed E-state index contributed by atoms with van der Waals surface area (Å²) in [7, 11) is 1.96. The first-order valence-corrected chi connectivity index (χ1v) is 7.74. The minimum Gasteiger partial charge on any atom is -0.477 e. The third-order valence-corrected chi connectivity index (χ3v) is 4.37. The number of rotatable bonds is 4. The summed E-state index contributed by atoms with van der Waals surface area (Å²) in [6.45, 7) is 2.38. The first-order chi connectivity index (χ1) is 11.5. The zero-order valence-electron chi connectivity index (χ0n) is 13.6. The lowest BCUT2D eigenvalue weighted by atomic mass is 10.0. The Morgan fingerprint density at radius 3 is 2.67 bits per heavy atom.